The highest BCUT2D eigenvalue weighted by Gasteiger charge is 2.22. The first-order valence-corrected chi connectivity index (χ1v) is 4.90. The zero-order valence-electron chi connectivity index (χ0n) is 8.22. The van der Waals surface area contributed by atoms with Crippen molar-refractivity contribution < 1.29 is 4.92 Å². The van der Waals surface area contributed by atoms with Crippen molar-refractivity contribution in [3.05, 3.63) is 39.9 Å². The summed E-state index contributed by atoms with van der Waals surface area (Å²) in [4.78, 5) is 10.1. The van der Waals surface area contributed by atoms with Gasteiger partial charge in [-0.2, -0.15) is 0 Å². The SMILES string of the molecule is NC1CNC(c2ccc([N+](=O)[O-])cc2)C1. The summed E-state index contributed by atoms with van der Waals surface area (Å²) >= 11 is 0. The second-order valence-corrected chi connectivity index (χ2v) is 3.81. The van der Waals surface area contributed by atoms with Crippen molar-refractivity contribution in [2.24, 2.45) is 5.73 Å². The van der Waals surface area contributed by atoms with Crippen LogP contribution in [0.4, 0.5) is 5.69 Å². The molecular formula is C10H13N3O2. The highest BCUT2D eigenvalue weighted by Crippen LogP contribution is 2.24. The van der Waals surface area contributed by atoms with Crippen LogP contribution in [-0.2, 0) is 0 Å². The van der Waals surface area contributed by atoms with E-state index in [1.165, 1.54) is 12.1 Å². The van der Waals surface area contributed by atoms with E-state index in [0.717, 1.165) is 18.5 Å². The molecule has 0 aromatic heterocycles. The van der Waals surface area contributed by atoms with Crippen molar-refractivity contribution in [2.45, 2.75) is 18.5 Å². The van der Waals surface area contributed by atoms with Crippen LogP contribution in [0, 0.1) is 10.1 Å². The Kier molecular flexibility index (Phi) is 2.66. The molecule has 5 nitrogen and oxygen atoms in total. The van der Waals surface area contributed by atoms with E-state index in [4.69, 9.17) is 5.73 Å². The standard InChI is InChI=1S/C10H13N3O2/c11-8-5-10(12-6-8)7-1-3-9(4-2-7)13(14)15/h1-4,8,10,12H,5-6,11H2. The molecule has 1 heterocycles. The van der Waals surface area contributed by atoms with Crippen molar-refractivity contribution in [2.75, 3.05) is 6.54 Å². The van der Waals surface area contributed by atoms with Gasteiger partial charge in [-0.15, -0.1) is 0 Å². The van der Waals surface area contributed by atoms with E-state index in [1.54, 1.807) is 12.1 Å². The smallest absolute Gasteiger partial charge is 0.269 e. The predicted molar refractivity (Wildman–Crippen MR) is 56.4 cm³/mol. The number of nitrogens with one attached hydrogen (secondary N) is 1. The zero-order chi connectivity index (χ0) is 10.8. The molecule has 3 N–H and O–H groups in total. The number of nitrogens with zero attached hydrogens (tertiary/aromatic N) is 1. The van der Waals surface area contributed by atoms with Gasteiger partial charge in [-0.05, 0) is 12.0 Å². The van der Waals surface area contributed by atoms with E-state index in [0.29, 0.717) is 0 Å². The van der Waals surface area contributed by atoms with Gasteiger partial charge in [0.1, 0.15) is 0 Å². The zero-order valence-corrected chi connectivity index (χ0v) is 8.22. The quantitative estimate of drug-likeness (QED) is 0.559. The Labute approximate surface area is 87.4 Å². The molecule has 80 valence electrons. The van der Waals surface area contributed by atoms with E-state index in [2.05, 4.69) is 5.32 Å². The van der Waals surface area contributed by atoms with Gasteiger partial charge in [0, 0.05) is 30.8 Å². The molecule has 1 saturated heterocycles. The van der Waals surface area contributed by atoms with Crippen LogP contribution in [0.15, 0.2) is 24.3 Å². The third-order valence-electron chi connectivity index (χ3n) is 2.67. The summed E-state index contributed by atoms with van der Waals surface area (Å²) in [5.41, 5.74) is 6.96. The maximum atomic E-state index is 10.5. The first-order valence-electron chi connectivity index (χ1n) is 4.90. The van der Waals surface area contributed by atoms with Crippen molar-refractivity contribution in [1.29, 1.82) is 0 Å². The topological polar surface area (TPSA) is 81.2 Å². The summed E-state index contributed by atoms with van der Waals surface area (Å²) in [6.45, 7) is 0.807. The second-order valence-electron chi connectivity index (χ2n) is 3.81. The third-order valence-corrected chi connectivity index (χ3v) is 2.67. The molecule has 2 unspecified atom stereocenters. The molecule has 0 bridgehead atoms. The van der Waals surface area contributed by atoms with Gasteiger partial charge >= 0.3 is 0 Å². The number of hydrogen-bond acceptors (Lipinski definition) is 4. The summed E-state index contributed by atoms with van der Waals surface area (Å²) in [5.74, 6) is 0. The average Bonchev–Trinajstić information content (AvgIpc) is 2.65. The molecule has 1 aromatic rings. The molecule has 2 rings (SSSR count). The highest BCUT2D eigenvalue weighted by molar-refractivity contribution is 5.34. The van der Waals surface area contributed by atoms with Crippen LogP contribution in [0.25, 0.3) is 0 Å². The first-order chi connectivity index (χ1) is 7.16. The van der Waals surface area contributed by atoms with Gasteiger partial charge in [-0.25, -0.2) is 0 Å². The number of hydrogen-bond donors (Lipinski definition) is 2. The number of nitro benzene ring substituents is 1. The molecule has 15 heavy (non-hydrogen) atoms. The Morgan fingerprint density at radius 1 is 1.40 bits per heavy atom. The third kappa shape index (κ3) is 2.14. The van der Waals surface area contributed by atoms with Crippen LogP contribution in [0.1, 0.15) is 18.0 Å². The summed E-state index contributed by atoms with van der Waals surface area (Å²) in [6, 6.07) is 7.05. The van der Waals surface area contributed by atoms with Crippen molar-refractivity contribution in [1.82, 2.24) is 5.32 Å². The average molecular weight is 207 g/mol. The van der Waals surface area contributed by atoms with E-state index in [-0.39, 0.29) is 17.8 Å². The fourth-order valence-corrected chi connectivity index (χ4v) is 1.85. The maximum absolute atomic E-state index is 10.5. The molecule has 2 atom stereocenters. The monoisotopic (exact) mass is 207 g/mol. The van der Waals surface area contributed by atoms with Gasteiger partial charge in [-0.1, -0.05) is 12.1 Å². The van der Waals surface area contributed by atoms with Gasteiger partial charge < -0.3 is 11.1 Å². The van der Waals surface area contributed by atoms with Crippen molar-refractivity contribution >= 4 is 5.69 Å². The number of benzene rings is 1. The van der Waals surface area contributed by atoms with Crippen LogP contribution in [0.5, 0.6) is 0 Å². The predicted octanol–water partition coefficient (Wildman–Crippen LogP) is 0.957. The summed E-state index contributed by atoms with van der Waals surface area (Å²) < 4.78 is 0. The minimum absolute atomic E-state index is 0.126. The van der Waals surface area contributed by atoms with Crippen LogP contribution < -0.4 is 11.1 Å². The second kappa shape index (κ2) is 3.96. The molecule has 1 aliphatic heterocycles. The number of rotatable bonds is 2. The Balaban J connectivity index is 2.13. The lowest BCUT2D eigenvalue weighted by Crippen LogP contribution is -2.22. The fourth-order valence-electron chi connectivity index (χ4n) is 1.85. The molecular weight excluding hydrogens is 194 g/mol. The Bertz CT molecular complexity index is 363. The Hall–Kier alpha value is -1.46. The van der Waals surface area contributed by atoms with Crippen LogP contribution in [0.3, 0.4) is 0 Å². The Morgan fingerprint density at radius 3 is 2.53 bits per heavy atom. The van der Waals surface area contributed by atoms with Gasteiger partial charge in [0.15, 0.2) is 0 Å². The fraction of sp³-hybridized carbons (Fsp3) is 0.400. The lowest BCUT2D eigenvalue weighted by Gasteiger charge is -2.09. The maximum Gasteiger partial charge on any atom is 0.269 e. The summed E-state index contributed by atoms with van der Waals surface area (Å²) in [7, 11) is 0. The summed E-state index contributed by atoms with van der Waals surface area (Å²) in [5, 5.41) is 13.7. The van der Waals surface area contributed by atoms with E-state index in [1.807, 2.05) is 0 Å². The molecule has 5 heteroatoms. The van der Waals surface area contributed by atoms with E-state index >= 15 is 0 Å². The van der Waals surface area contributed by atoms with Gasteiger partial charge in [0.25, 0.3) is 5.69 Å². The minimum atomic E-state index is -0.391. The van der Waals surface area contributed by atoms with E-state index < -0.39 is 4.92 Å². The van der Waals surface area contributed by atoms with Gasteiger partial charge in [0.05, 0.1) is 4.92 Å². The molecule has 1 aliphatic rings. The van der Waals surface area contributed by atoms with Crippen molar-refractivity contribution in [3.8, 4) is 0 Å². The summed E-state index contributed by atoms with van der Waals surface area (Å²) in [6.07, 6.45) is 0.887. The molecule has 0 aliphatic carbocycles. The molecule has 0 radical (unpaired) electrons. The first kappa shape index (κ1) is 10.1. The molecule has 0 amide bonds. The molecule has 0 saturated carbocycles. The van der Waals surface area contributed by atoms with Gasteiger partial charge in [0.2, 0.25) is 0 Å². The highest BCUT2D eigenvalue weighted by atomic mass is 16.6. The molecule has 1 aromatic carbocycles. The number of nitro groups is 1. The van der Waals surface area contributed by atoms with Gasteiger partial charge in [-0.3, -0.25) is 10.1 Å². The minimum Gasteiger partial charge on any atom is -0.326 e. The van der Waals surface area contributed by atoms with Crippen LogP contribution in [-0.4, -0.2) is 17.5 Å². The largest absolute Gasteiger partial charge is 0.326 e. The van der Waals surface area contributed by atoms with E-state index in [9.17, 15) is 10.1 Å². The Morgan fingerprint density at radius 2 is 2.07 bits per heavy atom. The number of non-ortho nitro benzene ring substituents is 1. The lowest BCUT2D eigenvalue weighted by atomic mass is 10.0. The van der Waals surface area contributed by atoms with Crippen LogP contribution in [0.2, 0.25) is 0 Å². The van der Waals surface area contributed by atoms with Crippen molar-refractivity contribution in [3.63, 3.8) is 0 Å². The molecule has 1 fully saturated rings. The number of nitrogens with two attached hydrogens (primary N) is 1. The lowest BCUT2D eigenvalue weighted by molar-refractivity contribution is -0.384. The van der Waals surface area contributed by atoms with Crippen LogP contribution >= 0.6 is 0 Å². The molecule has 0 spiro atoms. The normalized spacial score (nSPS) is 25.4.